The fraction of sp³-hybridized carbons (Fsp3) is 0.214. The van der Waals surface area contributed by atoms with Crippen molar-refractivity contribution in [2.45, 2.75) is 19.4 Å². The number of benzene rings is 1. The fourth-order valence-electron chi connectivity index (χ4n) is 1.84. The zero-order valence-electron chi connectivity index (χ0n) is 10.4. The summed E-state index contributed by atoms with van der Waals surface area (Å²) in [6, 6.07) is 8.44. The van der Waals surface area contributed by atoms with E-state index < -0.39 is 28.0 Å². The molecule has 0 bridgehead atoms. The first-order valence-electron chi connectivity index (χ1n) is 5.65. The molecule has 2 nitrogen and oxygen atoms in total. The van der Waals surface area contributed by atoms with Gasteiger partial charge in [-0.2, -0.15) is 0 Å². The van der Waals surface area contributed by atoms with Crippen molar-refractivity contribution in [3.8, 4) is 11.3 Å². The highest BCUT2D eigenvalue weighted by Gasteiger charge is 2.30. The maximum Gasteiger partial charge on any atom is 0.169 e. The maximum absolute atomic E-state index is 14.4. The molecule has 1 aromatic heterocycles. The molecule has 0 aliphatic carbocycles. The van der Waals surface area contributed by atoms with E-state index in [0.29, 0.717) is 5.56 Å². The summed E-state index contributed by atoms with van der Waals surface area (Å²) < 4.78 is 28.2. The van der Waals surface area contributed by atoms with Crippen molar-refractivity contribution in [1.82, 2.24) is 4.98 Å². The summed E-state index contributed by atoms with van der Waals surface area (Å²) in [5, 5.41) is 9.42. The minimum absolute atomic E-state index is 0.0795. The molecule has 19 heavy (non-hydrogen) atoms. The van der Waals surface area contributed by atoms with Crippen LogP contribution < -0.4 is 0 Å². The van der Waals surface area contributed by atoms with E-state index in [0.717, 1.165) is 0 Å². The number of nitrogens with zero attached hydrogens (tertiary/aromatic N) is 1. The van der Waals surface area contributed by atoms with E-state index in [9.17, 15) is 13.9 Å². The van der Waals surface area contributed by atoms with Crippen LogP contribution in [0, 0.1) is 11.6 Å². The molecule has 2 aromatic rings. The van der Waals surface area contributed by atoms with Crippen LogP contribution in [0.2, 0.25) is 5.15 Å². The molecule has 0 aliphatic rings. The second kappa shape index (κ2) is 4.87. The van der Waals surface area contributed by atoms with E-state index in [2.05, 4.69) is 4.98 Å². The summed E-state index contributed by atoms with van der Waals surface area (Å²) >= 11 is 5.68. The van der Waals surface area contributed by atoms with Crippen molar-refractivity contribution in [3.63, 3.8) is 0 Å². The number of aliphatic hydroxyl groups is 1. The first-order valence-corrected chi connectivity index (χ1v) is 6.03. The average Bonchev–Trinajstić information content (AvgIpc) is 2.33. The topological polar surface area (TPSA) is 33.1 Å². The van der Waals surface area contributed by atoms with Gasteiger partial charge in [0.25, 0.3) is 0 Å². The van der Waals surface area contributed by atoms with Crippen LogP contribution in [0.15, 0.2) is 30.3 Å². The molecule has 0 fully saturated rings. The molecule has 0 amide bonds. The monoisotopic (exact) mass is 283 g/mol. The lowest BCUT2D eigenvalue weighted by Crippen LogP contribution is -2.21. The summed E-state index contributed by atoms with van der Waals surface area (Å²) in [4.78, 5) is 3.72. The lowest BCUT2D eigenvalue weighted by Gasteiger charge is -2.21. The van der Waals surface area contributed by atoms with Crippen LogP contribution in [0.1, 0.15) is 19.4 Å². The van der Waals surface area contributed by atoms with Crippen molar-refractivity contribution in [2.24, 2.45) is 0 Å². The van der Waals surface area contributed by atoms with Gasteiger partial charge in [-0.3, -0.25) is 0 Å². The molecule has 1 heterocycles. The fourth-order valence-corrected chi connectivity index (χ4v) is 2.02. The lowest BCUT2D eigenvalue weighted by atomic mass is 9.96. The Morgan fingerprint density at radius 1 is 1.11 bits per heavy atom. The molecule has 0 unspecified atom stereocenters. The van der Waals surface area contributed by atoms with Crippen molar-refractivity contribution >= 4 is 11.6 Å². The Hall–Kier alpha value is -1.52. The van der Waals surface area contributed by atoms with Crippen molar-refractivity contribution < 1.29 is 13.9 Å². The standard InChI is InChI=1S/C14H12ClF2NO/c1-14(2,19)9-10(16)12(18-13(15)11(9)17)8-6-4-3-5-7-8/h3-7,19H,1-2H3. The molecule has 2 rings (SSSR count). The van der Waals surface area contributed by atoms with E-state index in [1.807, 2.05) is 0 Å². The zero-order valence-corrected chi connectivity index (χ0v) is 11.2. The molecule has 0 atom stereocenters. The Kier molecular flexibility index (Phi) is 3.56. The molecule has 0 aliphatic heterocycles. The zero-order chi connectivity index (χ0) is 14.2. The van der Waals surface area contributed by atoms with Gasteiger partial charge in [0.05, 0.1) is 11.2 Å². The van der Waals surface area contributed by atoms with E-state index in [-0.39, 0.29) is 5.69 Å². The minimum atomic E-state index is -1.69. The van der Waals surface area contributed by atoms with Gasteiger partial charge in [-0.05, 0) is 13.8 Å². The molecular weight excluding hydrogens is 272 g/mol. The minimum Gasteiger partial charge on any atom is -0.386 e. The van der Waals surface area contributed by atoms with Crippen LogP contribution in [0.4, 0.5) is 8.78 Å². The second-order valence-corrected chi connectivity index (χ2v) is 5.04. The molecular formula is C14H12ClF2NO. The summed E-state index contributed by atoms with van der Waals surface area (Å²) in [5.74, 6) is -1.94. The molecule has 100 valence electrons. The predicted molar refractivity (Wildman–Crippen MR) is 69.8 cm³/mol. The Bertz CT molecular complexity index is 609. The van der Waals surface area contributed by atoms with Gasteiger partial charge in [-0.15, -0.1) is 0 Å². The highest BCUT2D eigenvalue weighted by atomic mass is 35.5. The number of aromatic nitrogens is 1. The number of rotatable bonds is 2. The van der Waals surface area contributed by atoms with Gasteiger partial charge in [-0.25, -0.2) is 13.8 Å². The Labute approximate surface area is 114 Å². The third-order valence-corrected chi connectivity index (χ3v) is 2.95. The summed E-state index contributed by atoms with van der Waals surface area (Å²) in [6.45, 7) is 2.58. The quantitative estimate of drug-likeness (QED) is 0.848. The SMILES string of the molecule is CC(C)(O)c1c(F)c(Cl)nc(-c2ccccc2)c1F. The normalized spacial score (nSPS) is 11.7. The van der Waals surface area contributed by atoms with Crippen molar-refractivity contribution in [2.75, 3.05) is 0 Å². The van der Waals surface area contributed by atoms with Gasteiger partial charge in [0, 0.05) is 5.56 Å². The molecule has 0 saturated heterocycles. The average molecular weight is 284 g/mol. The third-order valence-electron chi connectivity index (χ3n) is 2.70. The summed E-state index contributed by atoms with van der Waals surface area (Å²) in [6.07, 6.45) is 0. The highest BCUT2D eigenvalue weighted by Crippen LogP contribution is 2.34. The van der Waals surface area contributed by atoms with Gasteiger partial charge in [0.2, 0.25) is 0 Å². The predicted octanol–water partition coefficient (Wildman–Crippen LogP) is 3.91. The van der Waals surface area contributed by atoms with E-state index in [1.165, 1.54) is 13.8 Å². The van der Waals surface area contributed by atoms with Gasteiger partial charge < -0.3 is 5.11 Å². The highest BCUT2D eigenvalue weighted by molar-refractivity contribution is 6.29. The Balaban J connectivity index is 2.76. The van der Waals surface area contributed by atoms with Crippen LogP contribution in [-0.2, 0) is 5.60 Å². The maximum atomic E-state index is 14.4. The van der Waals surface area contributed by atoms with E-state index >= 15 is 0 Å². The first-order chi connectivity index (χ1) is 8.82. The molecule has 0 spiro atoms. The molecule has 0 radical (unpaired) electrons. The smallest absolute Gasteiger partial charge is 0.169 e. The number of pyridine rings is 1. The van der Waals surface area contributed by atoms with Gasteiger partial charge in [0.1, 0.15) is 5.69 Å². The molecule has 1 N–H and O–H groups in total. The van der Waals surface area contributed by atoms with E-state index in [4.69, 9.17) is 11.6 Å². The molecule has 1 aromatic carbocycles. The molecule has 0 saturated carbocycles. The Morgan fingerprint density at radius 2 is 1.68 bits per heavy atom. The van der Waals surface area contributed by atoms with Crippen molar-refractivity contribution in [1.29, 1.82) is 0 Å². The number of hydrogen-bond acceptors (Lipinski definition) is 2. The van der Waals surface area contributed by atoms with Crippen LogP contribution in [-0.4, -0.2) is 10.1 Å². The lowest BCUT2D eigenvalue weighted by molar-refractivity contribution is 0.0701. The van der Waals surface area contributed by atoms with Gasteiger partial charge >= 0.3 is 0 Å². The summed E-state index contributed by atoms with van der Waals surface area (Å²) in [7, 11) is 0. The van der Waals surface area contributed by atoms with Crippen LogP contribution in [0.5, 0.6) is 0 Å². The van der Waals surface area contributed by atoms with E-state index in [1.54, 1.807) is 30.3 Å². The number of hydrogen-bond donors (Lipinski definition) is 1. The van der Waals surface area contributed by atoms with Gasteiger partial charge in [-0.1, -0.05) is 41.9 Å². The van der Waals surface area contributed by atoms with Crippen molar-refractivity contribution in [3.05, 3.63) is 52.7 Å². The summed E-state index contributed by atoms with van der Waals surface area (Å²) in [5.41, 5.74) is -1.78. The third kappa shape index (κ3) is 2.60. The first kappa shape index (κ1) is 13.9. The van der Waals surface area contributed by atoms with Gasteiger partial charge in [0.15, 0.2) is 16.8 Å². The second-order valence-electron chi connectivity index (χ2n) is 4.68. The van der Waals surface area contributed by atoms with Crippen LogP contribution in [0.3, 0.4) is 0 Å². The molecule has 5 heteroatoms. The number of halogens is 3. The Morgan fingerprint density at radius 3 is 2.21 bits per heavy atom. The van der Waals surface area contributed by atoms with Crippen LogP contribution >= 0.6 is 11.6 Å². The largest absolute Gasteiger partial charge is 0.386 e. The van der Waals surface area contributed by atoms with Crippen LogP contribution in [0.25, 0.3) is 11.3 Å².